The largest absolute Gasteiger partial charge is 0.310 e. The van der Waals surface area contributed by atoms with E-state index in [1.165, 1.54) is 82.9 Å². The van der Waals surface area contributed by atoms with Crippen molar-refractivity contribution in [3.05, 3.63) is 360 Å². The van der Waals surface area contributed by atoms with Crippen LogP contribution in [-0.2, 0) is 10.8 Å². The summed E-state index contributed by atoms with van der Waals surface area (Å²) >= 11 is 0. The van der Waals surface area contributed by atoms with Crippen LogP contribution in [0.15, 0.2) is 315 Å². The van der Waals surface area contributed by atoms with Gasteiger partial charge in [-0.3, -0.25) is 0 Å². The molecule has 0 unspecified atom stereocenters. The Hall–Kier alpha value is -10.0. The smallest absolute Gasteiger partial charge is 0.0714 e. The molecule has 0 bridgehead atoms. The summed E-state index contributed by atoms with van der Waals surface area (Å²) in [6, 6.07) is 117. The second kappa shape index (κ2) is 18.4. The molecule has 0 spiro atoms. The van der Waals surface area contributed by atoms with Gasteiger partial charge in [0.05, 0.1) is 27.9 Å². The predicted octanol–water partition coefficient (Wildman–Crippen LogP) is 19.7. The topological polar surface area (TPSA) is 6.48 Å². The first-order chi connectivity index (χ1) is 38.7. The van der Waals surface area contributed by atoms with Crippen molar-refractivity contribution in [2.45, 2.75) is 10.8 Å². The molecule has 0 saturated heterocycles. The van der Waals surface area contributed by atoms with E-state index in [0.29, 0.717) is 0 Å². The van der Waals surface area contributed by atoms with Crippen molar-refractivity contribution in [2.75, 3.05) is 9.80 Å². The third kappa shape index (κ3) is 6.70. The summed E-state index contributed by atoms with van der Waals surface area (Å²) in [4.78, 5) is 5.08. The Kier molecular flexibility index (Phi) is 10.7. The van der Waals surface area contributed by atoms with Crippen molar-refractivity contribution in [1.82, 2.24) is 0 Å². The van der Waals surface area contributed by atoms with Gasteiger partial charge in [0, 0.05) is 33.6 Å². The van der Waals surface area contributed by atoms with Gasteiger partial charge in [-0.1, -0.05) is 267 Å². The molecule has 0 saturated carbocycles. The highest BCUT2D eigenvalue weighted by molar-refractivity contribution is 6.17. The summed E-state index contributed by atoms with van der Waals surface area (Å²) in [5.74, 6) is 0. The van der Waals surface area contributed by atoms with E-state index < -0.39 is 10.8 Å². The van der Waals surface area contributed by atoms with Crippen LogP contribution in [0.25, 0.3) is 43.8 Å². The standard InChI is InChI=1S/C76H52N2/c1-7-28-55(29-8-1)75(56-30-9-2-10-31-56)65-43-23-21-41-63(65)73-67(75)45-25-47-69(73)77(59-36-15-5-16-37-59)61-51-54-50-49-53-27-19-20-40-62(53)72(54)71(52-61)78(60-38-17-6-18-39-60)70-48-26-46-68-74(70)64-42-22-24-44-66(64)76(68,57-32-11-3-12-33-57)58-34-13-4-14-35-58/h1-52H. The number of rotatable bonds is 10. The van der Waals surface area contributed by atoms with E-state index in [1.54, 1.807) is 0 Å². The molecule has 15 rings (SSSR count). The molecule has 2 aliphatic rings. The minimum atomic E-state index is -0.577. The number of benzene rings is 13. The third-order valence-electron chi connectivity index (χ3n) is 16.7. The molecule has 78 heavy (non-hydrogen) atoms. The molecule has 2 nitrogen and oxygen atoms in total. The molecule has 2 aliphatic carbocycles. The average Bonchev–Trinajstić information content (AvgIpc) is 3.25. The minimum Gasteiger partial charge on any atom is -0.310 e. The van der Waals surface area contributed by atoms with E-state index >= 15 is 0 Å². The first-order valence-electron chi connectivity index (χ1n) is 27.1. The van der Waals surface area contributed by atoms with Gasteiger partial charge in [-0.15, -0.1) is 0 Å². The fourth-order valence-corrected chi connectivity index (χ4v) is 13.7. The molecule has 0 atom stereocenters. The molecular formula is C76H52N2. The summed E-state index contributed by atoms with van der Waals surface area (Å²) in [5.41, 5.74) is 20.3. The summed E-state index contributed by atoms with van der Waals surface area (Å²) in [7, 11) is 0. The highest BCUT2D eigenvalue weighted by Gasteiger charge is 2.49. The van der Waals surface area contributed by atoms with E-state index in [2.05, 4.69) is 325 Å². The van der Waals surface area contributed by atoms with Gasteiger partial charge < -0.3 is 9.80 Å². The Labute approximate surface area is 456 Å². The Morgan fingerprint density at radius 1 is 0.231 bits per heavy atom. The molecule has 2 heteroatoms. The molecule has 13 aromatic carbocycles. The molecule has 0 N–H and O–H groups in total. The lowest BCUT2D eigenvalue weighted by Crippen LogP contribution is -2.28. The number of hydrogen-bond donors (Lipinski definition) is 0. The fourth-order valence-electron chi connectivity index (χ4n) is 13.7. The molecule has 0 radical (unpaired) electrons. The van der Waals surface area contributed by atoms with Crippen LogP contribution in [0.4, 0.5) is 34.1 Å². The summed E-state index contributed by atoms with van der Waals surface area (Å²) in [5, 5.41) is 4.73. The van der Waals surface area contributed by atoms with Gasteiger partial charge >= 0.3 is 0 Å². The van der Waals surface area contributed by atoms with Crippen molar-refractivity contribution in [1.29, 1.82) is 0 Å². The molecular weight excluding hydrogens is 941 g/mol. The van der Waals surface area contributed by atoms with Gasteiger partial charge in [0.15, 0.2) is 0 Å². The lowest BCUT2D eigenvalue weighted by atomic mass is 9.68. The van der Waals surface area contributed by atoms with E-state index in [1.807, 2.05) is 0 Å². The first kappa shape index (κ1) is 45.4. The molecule has 0 aromatic heterocycles. The molecule has 0 fully saturated rings. The van der Waals surface area contributed by atoms with Gasteiger partial charge in [0.1, 0.15) is 0 Å². The number of nitrogens with zero attached hydrogens (tertiary/aromatic N) is 2. The highest BCUT2D eigenvalue weighted by Crippen LogP contribution is 2.62. The molecule has 13 aromatic rings. The number of hydrogen-bond acceptors (Lipinski definition) is 2. The quantitative estimate of drug-likeness (QED) is 0.126. The molecule has 0 heterocycles. The van der Waals surface area contributed by atoms with Gasteiger partial charge in [0.25, 0.3) is 0 Å². The van der Waals surface area contributed by atoms with Crippen LogP contribution in [0.3, 0.4) is 0 Å². The van der Waals surface area contributed by atoms with Crippen LogP contribution < -0.4 is 9.80 Å². The number of fused-ring (bicyclic) bond motifs is 9. The zero-order chi connectivity index (χ0) is 51.6. The van der Waals surface area contributed by atoms with Crippen LogP contribution in [0.5, 0.6) is 0 Å². The van der Waals surface area contributed by atoms with Crippen LogP contribution in [-0.4, -0.2) is 0 Å². The maximum Gasteiger partial charge on any atom is 0.0714 e. The third-order valence-corrected chi connectivity index (χ3v) is 16.7. The Balaban J connectivity index is 1.05. The minimum absolute atomic E-state index is 0.566. The maximum atomic E-state index is 2.56. The molecule has 0 amide bonds. The fraction of sp³-hybridized carbons (Fsp3) is 0.0263. The monoisotopic (exact) mass is 992 g/mol. The van der Waals surface area contributed by atoms with Crippen molar-refractivity contribution < 1.29 is 0 Å². The second-order valence-corrected chi connectivity index (χ2v) is 20.6. The number of anilines is 6. The maximum absolute atomic E-state index is 2.56. The summed E-state index contributed by atoms with van der Waals surface area (Å²) in [6.45, 7) is 0. The van der Waals surface area contributed by atoms with Crippen molar-refractivity contribution in [3.8, 4) is 22.3 Å². The van der Waals surface area contributed by atoms with Crippen LogP contribution >= 0.6 is 0 Å². The summed E-state index contributed by atoms with van der Waals surface area (Å²) < 4.78 is 0. The zero-order valence-corrected chi connectivity index (χ0v) is 42.9. The molecule has 366 valence electrons. The van der Waals surface area contributed by atoms with E-state index in [-0.39, 0.29) is 0 Å². The van der Waals surface area contributed by atoms with Gasteiger partial charge in [-0.25, -0.2) is 0 Å². The van der Waals surface area contributed by atoms with Crippen LogP contribution in [0.2, 0.25) is 0 Å². The Morgan fingerprint density at radius 3 is 1.09 bits per heavy atom. The zero-order valence-electron chi connectivity index (χ0n) is 42.9. The lowest BCUT2D eigenvalue weighted by molar-refractivity contribution is 0.768. The average molecular weight is 993 g/mol. The van der Waals surface area contributed by atoms with E-state index in [0.717, 1.165) is 39.5 Å². The first-order valence-corrected chi connectivity index (χ1v) is 27.1. The second-order valence-electron chi connectivity index (χ2n) is 20.6. The van der Waals surface area contributed by atoms with Crippen molar-refractivity contribution in [2.24, 2.45) is 0 Å². The predicted molar refractivity (Wildman–Crippen MR) is 325 cm³/mol. The van der Waals surface area contributed by atoms with Gasteiger partial charge in [0.2, 0.25) is 0 Å². The van der Waals surface area contributed by atoms with E-state index in [9.17, 15) is 0 Å². The Morgan fingerprint density at radius 2 is 0.603 bits per heavy atom. The van der Waals surface area contributed by atoms with Crippen molar-refractivity contribution >= 4 is 55.7 Å². The number of para-hydroxylation sites is 2. The highest BCUT2D eigenvalue weighted by atomic mass is 15.2. The normalized spacial score (nSPS) is 13.3. The van der Waals surface area contributed by atoms with Gasteiger partial charge in [-0.05, 0) is 120 Å². The van der Waals surface area contributed by atoms with E-state index in [4.69, 9.17) is 0 Å². The van der Waals surface area contributed by atoms with Crippen LogP contribution in [0.1, 0.15) is 44.5 Å². The molecule has 0 aliphatic heterocycles. The lowest BCUT2D eigenvalue weighted by Gasteiger charge is -2.35. The van der Waals surface area contributed by atoms with Gasteiger partial charge in [-0.2, -0.15) is 0 Å². The van der Waals surface area contributed by atoms with Crippen LogP contribution in [0, 0.1) is 0 Å². The van der Waals surface area contributed by atoms with Crippen molar-refractivity contribution in [3.63, 3.8) is 0 Å². The SMILES string of the molecule is c1ccc(N(c2cc(N(c3ccccc3)c3cccc4c3-c3ccccc3C4(c3ccccc3)c3ccccc3)c3c(ccc4ccccc43)c2)c2cccc3c2-c2ccccc2C3(c2ccccc2)c2ccccc2)cc1. The Bertz CT molecular complexity index is 4290. The summed E-state index contributed by atoms with van der Waals surface area (Å²) in [6.07, 6.45) is 0.